The zero-order chi connectivity index (χ0) is 9.14. The maximum absolute atomic E-state index is 10.9. The number of hydrogen-bond acceptors (Lipinski definition) is 3. The van der Waals surface area contributed by atoms with Gasteiger partial charge in [0, 0.05) is 11.8 Å². The van der Waals surface area contributed by atoms with Crippen molar-refractivity contribution in [3.05, 3.63) is 27.9 Å². The highest BCUT2D eigenvalue weighted by atomic mass is 35.5. The fourth-order valence-corrected chi connectivity index (χ4v) is 1.02. The van der Waals surface area contributed by atoms with E-state index < -0.39 is 0 Å². The average molecular weight is 188 g/mol. The lowest BCUT2D eigenvalue weighted by Gasteiger charge is -1.92. The van der Waals surface area contributed by atoms with Gasteiger partial charge in [-0.1, -0.05) is 11.6 Å². The summed E-state index contributed by atoms with van der Waals surface area (Å²) in [4.78, 5) is 19.5. The molecule has 0 fully saturated rings. The van der Waals surface area contributed by atoms with Crippen LogP contribution in [0.5, 0.6) is 0 Å². The van der Waals surface area contributed by atoms with E-state index in [1.54, 1.807) is 19.1 Å². The third-order valence-electron chi connectivity index (χ3n) is 1.33. The van der Waals surface area contributed by atoms with Crippen LogP contribution in [-0.4, -0.2) is 17.0 Å². The normalized spacial score (nSPS) is 9.58. The smallest absolute Gasteiger partial charge is 0.235 e. The molecular weight excluding hydrogens is 180 g/mol. The number of halogens is 1. The van der Waals surface area contributed by atoms with Crippen molar-refractivity contribution in [3.8, 4) is 0 Å². The topological polar surface area (TPSA) is 42.2 Å². The van der Waals surface area contributed by atoms with Gasteiger partial charge in [-0.05, 0) is 13.0 Å². The second-order valence-corrected chi connectivity index (χ2v) is 2.56. The number of aryl methyl sites for hydroxylation is 1. The number of hydrogen-bond donors (Lipinski definition) is 0. The summed E-state index contributed by atoms with van der Waals surface area (Å²) in [6.07, 6.45) is 0. The molecule has 12 heavy (non-hydrogen) atoms. The van der Waals surface area contributed by atoms with Gasteiger partial charge in [0.25, 0.3) is 4.92 Å². The van der Waals surface area contributed by atoms with E-state index in [-0.39, 0.29) is 10.8 Å². The van der Waals surface area contributed by atoms with Gasteiger partial charge >= 0.3 is 5.69 Å². The van der Waals surface area contributed by atoms with Crippen LogP contribution in [0.2, 0.25) is 5.15 Å². The third kappa shape index (κ3) is 1.71. The van der Waals surface area contributed by atoms with E-state index in [1.807, 2.05) is 0 Å². The molecule has 0 aliphatic rings. The molecule has 4 nitrogen and oxygen atoms in total. The van der Waals surface area contributed by atoms with Gasteiger partial charge in [-0.2, -0.15) is 0 Å². The molecule has 1 aromatic rings. The standard InChI is InChI=1S/C7H8ClN2O2/c1-5-3-4-6(7(8)9-5)10(11)12-2/h3-4H,1-2H3/q+1. The van der Waals surface area contributed by atoms with Gasteiger partial charge in [0.1, 0.15) is 0 Å². The molecule has 0 N–H and O–H groups in total. The highest BCUT2D eigenvalue weighted by Crippen LogP contribution is 2.21. The van der Waals surface area contributed by atoms with Gasteiger partial charge in [0.05, 0.1) is 4.91 Å². The Labute approximate surface area is 74.7 Å². The van der Waals surface area contributed by atoms with E-state index in [4.69, 9.17) is 11.6 Å². The molecule has 0 saturated carbocycles. The molecular formula is C7H8ClN2O2+. The Morgan fingerprint density at radius 3 is 2.75 bits per heavy atom. The molecule has 0 radical (unpaired) electrons. The van der Waals surface area contributed by atoms with E-state index in [0.717, 1.165) is 5.69 Å². The Bertz CT molecular complexity index is 314. The van der Waals surface area contributed by atoms with E-state index in [9.17, 15) is 4.91 Å². The molecule has 0 aliphatic carbocycles. The van der Waals surface area contributed by atoms with Crippen LogP contribution >= 0.6 is 11.6 Å². The van der Waals surface area contributed by atoms with Crippen molar-refractivity contribution in [2.75, 3.05) is 7.11 Å². The van der Waals surface area contributed by atoms with Crippen LogP contribution in [-0.2, 0) is 4.84 Å². The molecule has 0 saturated heterocycles. The first kappa shape index (κ1) is 8.93. The lowest BCUT2D eigenvalue weighted by Crippen LogP contribution is -1.99. The number of rotatable bonds is 2. The zero-order valence-electron chi connectivity index (χ0n) is 6.74. The summed E-state index contributed by atoms with van der Waals surface area (Å²) in [5.74, 6) is 0. The summed E-state index contributed by atoms with van der Waals surface area (Å²) >= 11 is 5.67. The molecule has 0 unspecified atom stereocenters. The minimum absolute atomic E-state index is 0.145. The van der Waals surface area contributed by atoms with Crippen molar-refractivity contribution in [1.82, 2.24) is 4.98 Å². The third-order valence-corrected chi connectivity index (χ3v) is 1.61. The molecule has 0 aliphatic heterocycles. The van der Waals surface area contributed by atoms with Crippen LogP contribution in [0.4, 0.5) is 5.69 Å². The fraction of sp³-hybridized carbons (Fsp3) is 0.286. The first-order valence-corrected chi connectivity index (χ1v) is 3.67. The van der Waals surface area contributed by atoms with Crippen LogP contribution in [0, 0.1) is 11.8 Å². The van der Waals surface area contributed by atoms with E-state index >= 15 is 0 Å². The van der Waals surface area contributed by atoms with Crippen LogP contribution in [0.3, 0.4) is 0 Å². The Hall–Kier alpha value is -1.16. The summed E-state index contributed by atoms with van der Waals surface area (Å²) in [5.41, 5.74) is 0.970. The van der Waals surface area contributed by atoms with E-state index in [2.05, 4.69) is 9.82 Å². The highest BCUT2D eigenvalue weighted by molar-refractivity contribution is 6.31. The number of aromatic nitrogens is 1. The molecule has 5 heteroatoms. The number of nitrogens with zero attached hydrogens (tertiary/aromatic N) is 2. The largest absolute Gasteiger partial charge is 0.353 e. The predicted molar refractivity (Wildman–Crippen MR) is 44.3 cm³/mol. The molecule has 0 atom stereocenters. The molecule has 64 valence electrons. The van der Waals surface area contributed by atoms with Gasteiger partial charge in [-0.25, -0.2) is 9.82 Å². The lowest BCUT2D eigenvalue weighted by molar-refractivity contribution is -0.736. The summed E-state index contributed by atoms with van der Waals surface area (Å²) < 4.78 is 0. The van der Waals surface area contributed by atoms with Crippen molar-refractivity contribution in [2.24, 2.45) is 0 Å². The van der Waals surface area contributed by atoms with E-state index in [1.165, 1.54) is 7.11 Å². The average Bonchev–Trinajstić information content (AvgIpc) is 2.03. The first-order chi connectivity index (χ1) is 5.65. The van der Waals surface area contributed by atoms with Crippen LogP contribution in [0.25, 0.3) is 0 Å². The molecule has 0 bridgehead atoms. The second-order valence-electron chi connectivity index (χ2n) is 2.20. The molecule has 1 aromatic heterocycles. The van der Waals surface area contributed by atoms with Gasteiger partial charge in [0.2, 0.25) is 5.15 Å². The maximum Gasteiger partial charge on any atom is 0.353 e. The van der Waals surface area contributed by atoms with Gasteiger partial charge < -0.3 is 0 Å². The van der Waals surface area contributed by atoms with Crippen molar-refractivity contribution >= 4 is 17.3 Å². The Morgan fingerprint density at radius 2 is 2.25 bits per heavy atom. The number of pyridine rings is 1. The minimum Gasteiger partial charge on any atom is -0.235 e. The monoisotopic (exact) mass is 187 g/mol. The SMILES string of the molecule is CO[N+](=O)c1ccc(C)nc1Cl. The summed E-state index contributed by atoms with van der Waals surface area (Å²) in [7, 11) is 1.27. The molecule has 1 rings (SSSR count). The highest BCUT2D eigenvalue weighted by Gasteiger charge is 2.20. The minimum atomic E-state index is 0.145. The van der Waals surface area contributed by atoms with Crippen molar-refractivity contribution in [3.63, 3.8) is 0 Å². The fourth-order valence-electron chi connectivity index (χ4n) is 0.752. The van der Waals surface area contributed by atoms with Crippen LogP contribution in [0.15, 0.2) is 12.1 Å². The summed E-state index contributed by atoms with van der Waals surface area (Å²) in [6.45, 7) is 1.79. The first-order valence-electron chi connectivity index (χ1n) is 3.29. The Kier molecular flexibility index (Phi) is 2.60. The molecule has 0 spiro atoms. The summed E-state index contributed by atoms with van der Waals surface area (Å²) in [5, 5.41) is 0.145. The van der Waals surface area contributed by atoms with Gasteiger partial charge in [0.15, 0.2) is 7.11 Å². The maximum atomic E-state index is 10.9. The van der Waals surface area contributed by atoms with Crippen molar-refractivity contribution < 1.29 is 9.76 Å². The van der Waals surface area contributed by atoms with Crippen molar-refractivity contribution in [2.45, 2.75) is 6.92 Å². The second kappa shape index (κ2) is 3.49. The Morgan fingerprint density at radius 1 is 1.58 bits per heavy atom. The lowest BCUT2D eigenvalue weighted by atomic mass is 10.3. The zero-order valence-corrected chi connectivity index (χ0v) is 7.50. The van der Waals surface area contributed by atoms with Gasteiger partial charge in [-0.3, -0.25) is 0 Å². The molecule has 0 aromatic carbocycles. The molecule has 0 amide bonds. The molecule has 1 heterocycles. The van der Waals surface area contributed by atoms with Crippen LogP contribution in [0.1, 0.15) is 5.69 Å². The Balaban J connectivity index is 3.09. The van der Waals surface area contributed by atoms with Crippen LogP contribution < -0.4 is 0 Å². The predicted octanol–water partition coefficient (Wildman–Crippen LogP) is 2.02. The van der Waals surface area contributed by atoms with Gasteiger partial charge in [-0.15, -0.1) is 0 Å². The quantitative estimate of drug-likeness (QED) is 0.526. The van der Waals surface area contributed by atoms with E-state index in [0.29, 0.717) is 4.92 Å². The van der Waals surface area contributed by atoms with Crippen molar-refractivity contribution in [1.29, 1.82) is 0 Å². The summed E-state index contributed by atoms with van der Waals surface area (Å²) in [6, 6.07) is 3.24.